The van der Waals surface area contributed by atoms with Gasteiger partial charge >= 0.3 is 5.97 Å². The molecule has 11 heteroatoms. The molecule has 0 spiro atoms. The van der Waals surface area contributed by atoms with Gasteiger partial charge in [-0.3, -0.25) is 15.0 Å². The highest BCUT2D eigenvalue weighted by molar-refractivity contribution is 6.06. The summed E-state index contributed by atoms with van der Waals surface area (Å²) >= 11 is 0. The van der Waals surface area contributed by atoms with E-state index >= 15 is 0 Å². The zero-order valence-electron chi connectivity index (χ0n) is 24.8. The minimum atomic E-state index is -0.558. The molecule has 3 heterocycles. The van der Waals surface area contributed by atoms with Crippen LogP contribution in [0.15, 0.2) is 18.2 Å². The smallest absolute Gasteiger partial charge is 0.328 e. The lowest BCUT2D eigenvalue weighted by Gasteiger charge is -2.37. The number of ketones is 1. The highest BCUT2D eigenvalue weighted by Crippen LogP contribution is 2.43. The Hall–Kier alpha value is -4.15. The van der Waals surface area contributed by atoms with Gasteiger partial charge in [-0.15, -0.1) is 0 Å². The Morgan fingerprint density at radius 2 is 1.90 bits per heavy atom. The summed E-state index contributed by atoms with van der Waals surface area (Å²) in [5.41, 5.74) is 2.81. The number of nitrogens with one attached hydrogen (secondary N) is 2. The zero-order chi connectivity index (χ0) is 30.1. The second-order valence-electron chi connectivity index (χ2n) is 11.1. The van der Waals surface area contributed by atoms with Crippen molar-refractivity contribution < 1.29 is 28.6 Å². The van der Waals surface area contributed by atoms with Gasteiger partial charge in [0, 0.05) is 30.3 Å². The monoisotopic (exact) mass is 565 g/mol. The first kappa shape index (κ1) is 29.8. The van der Waals surface area contributed by atoms with Crippen LogP contribution < -0.4 is 19.7 Å². The summed E-state index contributed by atoms with van der Waals surface area (Å²) in [5, 5.41) is 11.3. The SMILES string of the molecule is CCOC(=O)C(C)N1CCOc2c1cc(C(=O)CN1Cc3cc(OCC)c(C(=O)NC)nc3C1=N)cc2C(C)(C)C. The van der Waals surface area contributed by atoms with E-state index in [0.717, 1.165) is 5.56 Å². The Kier molecular flexibility index (Phi) is 8.55. The molecule has 4 rings (SSSR count). The van der Waals surface area contributed by atoms with Crippen LogP contribution in [0.1, 0.15) is 79.2 Å². The average molecular weight is 566 g/mol. The molecule has 1 atom stereocenters. The number of ether oxygens (including phenoxy) is 3. The molecule has 1 aromatic carbocycles. The minimum absolute atomic E-state index is 0.0644. The largest absolute Gasteiger partial charge is 0.491 e. The van der Waals surface area contributed by atoms with Crippen LogP contribution in [0.2, 0.25) is 0 Å². The standard InChI is InChI=1S/C30H39N5O6/c1-8-39-23-14-19-15-34(27(31)24(19)33-25(23)28(37)32-7)16-22(36)18-12-20(30(4,5)6)26-21(13-18)35(10-11-41-26)17(3)29(38)40-9-2/h12-14,17,31H,8-11,15-16H2,1-7H3,(H,32,37). The van der Waals surface area contributed by atoms with E-state index in [1.165, 1.54) is 7.05 Å². The third-order valence-electron chi connectivity index (χ3n) is 7.23. The minimum Gasteiger partial charge on any atom is -0.491 e. The molecule has 0 saturated heterocycles. The molecule has 0 saturated carbocycles. The van der Waals surface area contributed by atoms with Crippen LogP contribution in [0.5, 0.6) is 11.5 Å². The lowest BCUT2D eigenvalue weighted by atomic mass is 9.84. The number of esters is 1. The summed E-state index contributed by atoms with van der Waals surface area (Å²) < 4.78 is 17.0. The van der Waals surface area contributed by atoms with Crippen molar-refractivity contribution in [3.8, 4) is 11.5 Å². The molecule has 0 radical (unpaired) electrons. The Labute approximate surface area is 240 Å². The maximum atomic E-state index is 13.8. The number of anilines is 1. The quantitative estimate of drug-likeness (QED) is 0.347. The third-order valence-corrected chi connectivity index (χ3v) is 7.23. The molecule has 220 valence electrons. The highest BCUT2D eigenvalue weighted by Gasteiger charge is 2.35. The van der Waals surface area contributed by atoms with E-state index in [1.807, 2.05) is 38.7 Å². The molecule has 1 aromatic heterocycles. The fourth-order valence-electron chi connectivity index (χ4n) is 5.10. The van der Waals surface area contributed by atoms with Crippen molar-refractivity contribution in [1.82, 2.24) is 15.2 Å². The van der Waals surface area contributed by atoms with Crippen LogP contribution in [-0.4, -0.2) is 79.4 Å². The lowest BCUT2D eigenvalue weighted by Crippen LogP contribution is -2.45. The molecule has 11 nitrogen and oxygen atoms in total. The van der Waals surface area contributed by atoms with Gasteiger partial charge in [-0.05, 0) is 44.4 Å². The van der Waals surface area contributed by atoms with Gasteiger partial charge in [-0.25, -0.2) is 9.78 Å². The predicted molar refractivity (Wildman–Crippen MR) is 154 cm³/mol. The van der Waals surface area contributed by atoms with Crippen LogP contribution in [0, 0.1) is 5.41 Å². The highest BCUT2D eigenvalue weighted by atomic mass is 16.5. The number of amidine groups is 1. The topological polar surface area (TPSA) is 134 Å². The van der Waals surface area contributed by atoms with E-state index in [1.54, 1.807) is 30.9 Å². The Bertz CT molecular complexity index is 1380. The summed E-state index contributed by atoms with van der Waals surface area (Å²) in [5.74, 6) is 0.121. The molecule has 41 heavy (non-hydrogen) atoms. The molecule has 1 amide bonds. The number of rotatable bonds is 9. The molecule has 0 bridgehead atoms. The van der Waals surface area contributed by atoms with Gasteiger partial charge in [-0.2, -0.15) is 0 Å². The second-order valence-corrected chi connectivity index (χ2v) is 11.1. The number of benzene rings is 1. The average Bonchev–Trinajstić information content (AvgIpc) is 3.24. The van der Waals surface area contributed by atoms with Gasteiger partial charge in [0.1, 0.15) is 29.9 Å². The van der Waals surface area contributed by atoms with E-state index in [0.29, 0.717) is 53.8 Å². The maximum absolute atomic E-state index is 13.8. The van der Waals surface area contributed by atoms with Gasteiger partial charge in [0.25, 0.3) is 5.91 Å². The van der Waals surface area contributed by atoms with Gasteiger partial charge < -0.3 is 29.3 Å². The third kappa shape index (κ3) is 5.84. The normalized spacial score (nSPS) is 15.0. The number of hydrogen-bond donors (Lipinski definition) is 2. The molecular formula is C30H39N5O6. The summed E-state index contributed by atoms with van der Waals surface area (Å²) in [6, 6.07) is 4.78. The maximum Gasteiger partial charge on any atom is 0.328 e. The van der Waals surface area contributed by atoms with Crippen molar-refractivity contribution in [3.05, 3.63) is 46.3 Å². The zero-order valence-corrected chi connectivity index (χ0v) is 24.8. The molecule has 2 N–H and O–H groups in total. The van der Waals surface area contributed by atoms with E-state index in [2.05, 4.69) is 10.3 Å². The van der Waals surface area contributed by atoms with Crippen molar-refractivity contribution >= 4 is 29.2 Å². The van der Waals surface area contributed by atoms with E-state index in [9.17, 15) is 14.4 Å². The Morgan fingerprint density at radius 3 is 2.54 bits per heavy atom. The second kappa shape index (κ2) is 11.8. The number of carbonyl (C=O) groups excluding carboxylic acids is 3. The van der Waals surface area contributed by atoms with Crippen LogP contribution in [0.3, 0.4) is 0 Å². The number of aromatic nitrogens is 1. The van der Waals surface area contributed by atoms with Crippen molar-refractivity contribution in [2.24, 2.45) is 0 Å². The molecular weight excluding hydrogens is 526 g/mol. The first-order valence-electron chi connectivity index (χ1n) is 13.9. The van der Waals surface area contributed by atoms with Crippen molar-refractivity contribution in [3.63, 3.8) is 0 Å². The molecule has 0 fully saturated rings. The molecule has 2 aliphatic heterocycles. The number of amides is 1. The number of Topliss-reactive ketones (excluding diaryl/α,β-unsaturated/α-hetero) is 1. The molecule has 2 aromatic rings. The number of hydrogen-bond acceptors (Lipinski definition) is 9. The van der Waals surface area contributed by atoms with E-state index in [4.69, 9.17) is 19.6 Å². The van der Waals surface area contributed by atoms with Crippen LogP contribution >= 0.6 is 0 Å². The number of nitrogens with zero attached hydrogens (tertiary/aromatic N) is 3. The van der Waals surface area contributed by atoms with Gasteiger partial charge in [0.15, 0.2) is 17.2 Å². The number of carbonyl (C=O) groups is 3. The van der Waals surface area contributed by atoms with Crippen molar-refractivity contribution in [1.29, 1.82) is 5.41 Å². The Balaban J connectivity index is 1.67. The summed E-state index contributed by atoms with van der Waals surface area (Å²) in [6.07, 6.45) is 0. The Morgan fingerprint density at radius 1 is 1.17 bits per heavy atom. The van der Waals surface area contributed by atoms with Gasteiger partial charge in [0.2, 0.25) is 0 Å². The molecule has 2 aliphatic rings. The summed E-state index contributed by atoms with van der Waals surface area (Å²) in [4.78, 5) is 46.8. The van der Waals surface area contributed by atoms with E-state index < -0.39 is 11.9 Å². The van der Waals surface area contributed by atoms with Crippen LogP contribution in [0.4, 0.5) is 5.69 Å². The molecule has 1 unspecified atom stereocenters. The summed E-state index contributed by atoms with van der Waals surface area (Å²) in [7, 11) is 1.51. The van der Waals surface area contributed by atoms with Crippen LogP contribution in [0.25, 0.3) is 0 Å². The number of fused-ring (bicyclic) bond motifs is 2. The van der Waals surface area contributed by atoms with Crippen molar-refractivity contribution in [2.45, 2.75) is 59.5 Å². The fourth-order valence-corrected chi connectivity index (χ4v) is 5.10. The number of pyridine rings is 1. The van der Waals surface area contributed by atoms with Crippen LogP contribution in [-0.2, 0) is 21.5 Å². The van der Waals surface area contributed by atoms with Gasteiger partial charge in [-0.1, -0.05) is 20.8 Å². The predicted octanol–water partition coefficient (Wildman–Crippen LogP) is 3.31. The summed E-state index contributed by atoms with van der Waals surface area (Å²) in [6.45, 7) is 13.3. The fraction of sp³-hybridized carbons (Fsp3) is 0.500. The van der Waals surface area contributed by atoms with E-state index in [-0.39, 0.29) is 48.4 Å². The first-order valence-corrected chi connectivity index (χ1v) is 13.9. The van der Waals surface area contributed by atoms with Crippen molar-refractivity contribution in [2.75, 3.05) is 44.9 Å². The molecule has 0 aliphatic carbocycles. The lowest BCUT2D eigenvalue weighted by molar-refractivity contribution is -0.144. The van der Waals surface area contributed by atoms with Gasteiger partial charge in [0.05, 0.1) is 32.0 Å². The first-order chi connectivity index (χ1) is 19.4.